The Morgan fingerprint density at radius 3 is 2.38 bits per heavy atom. The molecular weight excluding hydrogens is 198 g/mol. The van der Waals surface area contributed by atoms with E-state index in [9.17, 15) is 5.11 Å². The quantitative estimate of drug-likeness (QED) is 0.789. The first kappa shape index (κ1) is 10.8. The largest absolute Gasteiger partial charge is 0.507 e. The van der Waals surface area contributed by atoms with E-state index in [0.717, 1.165) is 27.6 Å². The van der Waals surface area contributed by atoms with Gasteiger partial charge in [-0.1, -0.05) is 12.1 Å². The van der Waals surface area contributed by atoms with Gasteiger partial charge in [0.25, 0.3) is 0 Å². The molecule has 2 aromatic carbocycles. The van der Waals surface area contributed by atoms with Crippen molar-refractivity contribution in [2.24, 2.45) is 0 Å². The van der Waals surface area contributed by atoms with Crippen molar-refractivity contribution in [3.05, 3.63) is 35.4 Å². The van der Waals surface area contributed by atoms with Crippen molar-refractivity contribution in [1.29, 1.82) is 0 Å². The summed E-state index contributed by atoms with van der Waals surface area (Å²) in [6.45, 7) is 3.97. The molecule has 0 spiro atoms. The molecule has 0 bridgehead atoms. The van der Waals surface area contributed by atoms with Gasteiger partial charge in [-0.2, -0.15) is 0 Å². The minimum atomic E-state index is 0.402. The van der Waals surface area contributed by atoms with E-state index < -0.39 is 0 Å². The standard InChI is InChI=1S/C14H17NO/c1-9-7-11-5-6-12(15(3)4)8-13(11)14(16)10(9)2/h5-8,16H,1-4H3. The fourth-order valence-corrected chi connectivity index (χ4v) is 1.88. The monoisotopic (exact) mass is 215 g/mol. The van der Waals surface area contributed by atoms with E-state index in [-0.39, 0.29) is 0 Å². The molecular formula is C14H17NO. The fourth-order valence-electron chi connectivity index (χ4n) is 1.88. The maximum Gasteiger partial charge on any atom is 0.126 e. The lowest BCUT2D eigenvalue weighted by molar-refractivity contribution is 0.477. The Kier molecular flexibility index (Phi) is 2.50. The Balaban J connectivity index is 2.78. The summed E-state index contributed by atoms with van der Waals surface area (Å²) in [5.41, 5.74) is 3.19. The molecule has 0 saturated heterocycles. The number of rotatable bonds is 1. The van der Waals surface area contributed by atoms with Crippen molar-refractivity contribution >= 4 is 16.5 Å². The lowest BCUT2D eigenvalue weighted by Crippen LogP contribution is -2.08. The second kappa shape index (κ2) is 3.71. The molecule has 0 radical (unpaired) electrons. The van der Waals surface area contributed by atoms with Gasteiger partial charge in [-0.15, -0.1) is 0 Å². The van der Waals surface area contributed by atoms with Crippen molar-refractivity contribution in [2.45, 2.75) is 13.8 Å². The van der Waals surface area contributed by atoms with E-state index in [1.54, 1.807) is 0 Å². The normalized spacial score (nSPS) is 10.8. The number of aromatic hydroxyl groups is 1. The molecule has 1 N–H and O–H groups in total. The Hall–Kier alpha value is -1.70. The third-order valence-corrected chi connectivity index (χ3v) is 3.13. The van der Waals surface area contributed by atoms with Crippen LogP contribution in [0.1, 0.15) is 11.1 Å². The lowest BCUT2D eigenvalue weighted by atomic mass is 10.0. The molecule has 0 unspecified atom stereocenters. The minimum absolute atomic E-state index is 0.402. The highest BCUT2D eigenvalue weighted by Gasteiger charge is 2.07. The summed E-state index contributed by atoms with van der Waals surface area (Å²) in [7, 11) is 4.00. The van der Waals surface area contributed by atoms with E-state index in [1.165, 1.54) is 0 Å². The summed E-state index contributed by atoms with van der Waals surface area (Å²) < 4.78 is 0. The Labute approximate surface area is 96.1 Å². The number of fused-ring (bicyclic) bond motifs is 1. The Bertz CT molecular complexity index is 544. The van der Waals surface area contributed by atoms with Gasteiger partial charge in [-0.05, 0) is 42.5 Å². The van der Waals surface area contributed by atoms with Crippen LogP contribution in [0.4, 0.5) is 5.69 Å². The predicted octanol–water partition coefficient (Wildman–Crippen LogP) is 3.23. The molecule has 84 valence electrons. The highest BCUT2D eigenvalue weighted by atomic mass is 16.3. The van der Waals surface area contributed by atoms with Crippen LogP contribution in [-0.4, -0.2) is 19.2 Å². The average molecular weight is 215 g/mol. The molecule has 0 heterocycles. The number of benzene rings is 2. The molecule has 0 atom stereocenters. The van der Waals surface area contributed by atoms with Crippen molar-refractivity contribution in [2.75, 3.05) is 19.0 Å². The van der Waals surface area contributed by atoms with Crippen molar-refractivity contribution < 1.29 is 5.11 Å². The summed E-state index contributed by atoms with van der Waals surface area (Å²) in [5.74, 6) is 0.402. The van der Waals surface area contributed by atoms with E-state index in [4.69, 9.17) is 0 Å². The van der Waals surface area contributed by atoms with Gasteiger partial charge in [0.15, 0.2) is 0 Å². The minimum Gasteiger partial charge on any atom is -0.507 e. The number of hydrogen-bond acceptors (Lipinski definition) is 2. The second-order valence-electron chi connectivity index (χ2n) is 4.47. The maximum absolute atomic E-state index is 10.1. The fraction of sp³-hybridized carbons (Fsp3) is 0.286. The molecule has 2 rings (SSSR count). The van der Waals surface area contributed by atoms with Gasteiger partial charge < -0.3 is 10.0 Å². The third-order valence-electron chi connectivity index (χ3n) is 3.13. The lowest BCUT2D eigenvalue weighted by Gasteiger charge is -2.15. The van der Waals surface area contributed by atoms with Crippen LogP contribution in [0.2, 0.25) is 0 Å². The molecule has 0 fully saturated rings. The van der Waals surface area contributed by atoms with Crippen molar-refractivity contribution in [1.82, 2.24) is 0 Å². The van der Waals surface area contributed by atoms with Crippen LogP contribution in [-0.2, 0) is 0 Å². The molecule has 0 aromatic heterocycles. The van der Waals surface area contributed by atoms with Crippen LogP contribution in [0.5, 0.6) is 5.75 Å². The van der Waals surface area contributed by atoms with Gasteiger partial charge in [-0.3, -0.25) is 0 Å². The number of nitrogens with zero attached hydrogens (tertiary/aromatic N) is 1. The van der Waals surface area contributed by atoms with Crippen LogP contribution in [0.25, 0.3) is 10.8 Å². The first-order valence-electron chi connectivity index (χ1n) is 5.41. The zero-order chi connectivity index (χ0) is 11.9. The van der Waals surface area contributed by atoms with Gasteiger partial charge in [0, 0.05) is 25.2 Å². The first-order chi connectivity index (χ1) is 7.50. The highest BCUT2D eigenvalue weighted by molar-refractivity contribution is 5.92. The summed E-state index contributed by atoms with van der Waals surface area (Å²) in [5, 5.41) is 12.1. The van der Waals surface area contributed by atoms with Gasteiger partial charge >= 0.3 is 0 Å². The van der Waals surface area contributed by atoms with Crippen LogP contribution >= 0.6 is 0 Å². The SMILES string of the molecule is Cc1cc2ccc(N(C)C)cc2c(O)c1C. The zero-order valence-electron chi connectivity index (χ0n) is 10.2. The van der Waals surface area contributed by atoms with Crippen LogP contribution in [0, 0.1) is 13.8 Å². The van der Waals surface area contributed by atoms with Gasteiger partial charge in [-0.25, -0.2) is 0 Å². The van der Waals surface area contributed by atoms with Crippen LogP contribution < -0.4 is 4.90 Å². The molecule has 2 heteroatoms. The number of hydrogen-bond donors (Lipinski definition) is 1. The second-order valence-corrected chi connectivity index (χ2v) is 4.47. The maximum atomic E-state index is 10.1. The highest BCUT2D eigenvalue weighted by Crippen LogP contribution is 2.33. The smallest absolute Gasteiger partial charge is 0.126 e. The molecule has 0 aliphatic carbocycles. The van der Waals surface area contributed by atoms with E-state index >= 15 is 0 Å². The van der Waals surface area contributed by atoms with Crippen LogP contribution in [0.3, 0.4) is 0 Å². The number of anilines is 1. The molecule has 0 aliphatic rings. The van der Waals surface area contributed by atoms with Gasteiger partial charge in [0.2, 0.25) is 0 Å². The number of phenols is 1. The summed E-state index contributed by atoms with van der Waals surface area (Å²) in [6, 6.07) is 8.26. The summed E-state index contributed by atoms with van der Waals surface area (Å²) in [6.07, 6.45) is 0. The van der Waals surface area contributed by atoms with Crippen LogP contribution in [0.15, 0.2) is 24.3 Å². The predicted molar refractivity (Wildman–Crippen MR) is 69.4 cm³/mol. The molecule has 16 heavy (non-hydrogen) atoms. The van der Waals surface area contributed by atoms with Gasteiger partial charge in [0.05, 0.1) is 0 Å². The molecule has 0 saturated carbocycles. The Morgan fingerprint density at radius 2 is 1.75 bits per heavy atom. The van der Waals surface area contributed by atoms with Gasteiger partial charge in [0.1, 0.15) is 5.75 Å². The Morgan fingerprint density at radius 1 is 1.06 bits per heavy atom. The molecule has 2 aromatic rings. The van der Waals surface area contributed by atoms with Crippen molar-refractivity contribution in [3.63, 3.8) is 0 Å². The molecule has 0 aliphatic heterocycles. The number of phenolic OH excluding ortho intramolecular Hbond substituents is 1. The third kappa shape index (κ3) is 1.60. The van der Waals surface area contributed by atoms with Crippen molar-refractivity contribution in [3.8, 4) is 5.75 Å². The first-order valence-corrected chi connectivity index (χ1v) is 5.41. The molecule has 2 nitrogen and oxygen atoms in total. The number of aryl methyl sites for hydroxylation is 1. The van der Waals surface area contributed by atoms with E-state index in [1.807, 2.05) is 38.9 Å². The van der Waals surface area contributed by atoms with E-state index in [0.29, 0.717) is 5.75 Å². The average Bonchev–Trinajstić information content (AvgIpc) is 2.25. The summed E-state index contributed by atoms with van der Waals surface area (Å²) in [4.78, 5) is 2.04. The summed E-state index contributed by atoms with van der Waals surface area (Å²) >= 11 is 0. The topological polar surface area (TPSA) is 23.5 Å². The van der Waals surface area contributed by atoms with E-state index in [2.05, 4.69) is 18.2 Å². The molecule has 0 amide bonds. The zero-order valence-corrected chi connectivity index (χ0v) is 10.2.